The fraction of sp³-hybridized carbons (Fsp3) is 0.158. The van der Waals surface area contributed by atoms with E-state index in [-0.39, 0.29) is 12.7 Å². The first-order valence-corrected chi connectivity index (χ1v) is 8.97. The van der Waals surface area contributed by atoms with Gasteiger partial charge in [0, 0.05) is 19.2 Å². The lowest BCUT2D eigenvalue weighted by molar-refractivity contribution is -0.137. The molecule has 0 bridgehead atoms. The molecule has 32 heavy (non-hydrogen) atoms. The molecule has 0 aliphatic carbocycles. The maximum atomic E-state index is 14.3. The Kier molecular flexibility index (Phi) is 7.87. The lowest BCUT2D eigenvalue weighted by atomic mass is 10.1. The molecule has 0 unspecified atom stereocenters. The third-order valence-electron chi connectivity index (χ3n) is 3.63. The molecule has 1 amide bonds. The number of nitrogens with zero attached hydrogens (tertiary/aromatic N) is 2. The monoisotopic (exact) mass is 477 g/mol. The van der Waals surface area contributed by atoms with Crippen LogP contribution in [0.1, 0.15) is 19.4 Å². The standard InChI is InChI=1S/C19H13ClF5N3O4/c1-3-32-19(31)9(16(30)8-4-10(21)15(25)13(20)14(8)24)6-26-17-11(22)5-12(23)18(28-17)27-7(2)29/h4-6,30H,3H2,1-2H3,(H,27,28,29). The van der Waals surface area contributed by atoms with E-state index in [2.05, 4.69) is 14.7 Å². The van der Waals surface area contributed by atoms with Gasteiger partial charge in [-0.15, -0.1) is 0 Å². The average molecular weight is 478 g/mol. The van der Waals surface area contributed by atoms with E-state index in [1.165, 1.54) is 6.92 Å². The summed E-state index contributed by atoms with van der Waals surface area (Å²) >= 11 is 5.34. The van der Waals surface area contributed by atoms with Gasteiger partial charge in [-0.1, -0.05) is 11.6 Å². The predicted octanol–water partition coefficient (Wildman–Crippen LogP) is 4.62. The third-order valence-corrected chi connectivity index (χ3v) is 3.96. The zero-order valence-corrected chi connectivity index (χ0v) is 17.0. The van der Waals surface area contributed by atoms with Crippen molar-refractivity contribution in [2.45, 2.75) is 13.8 Å². The van der Waals surface area contributed by atoms with Crippen molar-refractivity contribution in [3.8, 4) is 0 Å². The number of hydrogen-bond donors (Lipinski definition) is 2. The van der Waals surface area contributed by atoms with Gasteiger partial charge in [-0.2, -0.15) is 0 Å². The fourth-order valence-corrected chi connectivity index (χ4v) is 2.43. The highest BCUT2D eigenvalue weighted by molar-refractivity contribution is 6.31. The zero-order valence-electron chi connectivity index (χ0n) is 16.3. The number of rotatable bonds is 6. The molecule has 2 rings (SSSR count). The van der Waals surface area contributed by atoms with Crippen LogP contribution in [-0.4, -0.2) is 34.8 Å². The number of anilines is 1. The van der Waals surface area contributed by atoms with Crippen molar-refractivity contribution in [2.75, 3.05) is 11.9 Å². The minimum absolute atomic E-state index is 0.222. The van der Waals surface area contributed by atoms with E-state index in [9.17, 15) is 36.6 Å². The number of aliphatic hydroxyl groups is 1. The summed E-state index contributed by atoms with van der Waals surface area (Å²) in [5, 5.41) is 11.0. The zero-order chi connectivity index (χ0) is 24.2. The summed E-state index contributed by atoms with van der Waals surface area (Å²) in [4.78, 5) is 30.2. The minimum atomic E-state index is -1.73. The number of pyridine rings is 1. The Balaban J connectivity index is 2.65. The van der Waals surface area contributed by atoms with Gasteiger partial charge in [-0.05, 0) is 13.0 Å². The highest BCUT2D eigenvalue weighted by Gasteiger charge is 2.24. The number of esters is 1. The molecule has 13 heteroatoms. The smallest absolute Gasteiger partial charge is 0.343 e. The number of nitrogens with one attached hydrogen (secondary N) is 1. The van der Waals surface area contributed by atoms with E-state index in [0.29, 0.717) is 12.3 Å². The molecule has 2 aromatic rings. The van der Waals surface area contributed by atoms with Gasteiger partial charge in [0.05, 0.1) is 12.2 Å². The van der Waals surface area contributed by atoms with Gasteiger partial charge in [-0.3, -0.25) is 4.79 Å². The van der Waals surface area contributed by atoms with Crippen LogP contribution >= 0.6 is 11.6 Å². The molecule has 7 nitrogen and oxygen atoms in total. The average Bonchev–Trinajstić information content (AvgIpc) is 2.72. The van der Waals surface area contributed by atoms with E-state index in [1.807, 2.05) is 5.32 Å². The van der Waals surface area contributed by atoms with Gasteiger partial charge >= 0.3 is 5.97 Å². The molecule has 0 aliphatic rings. The van der Waals surface area contributed by atoms with Crippen LogP contribution in [0.3, 0.4) is 0 Å². The summed E-state index contributed by atoms with van der Waals surface area (Å²) in [5.74, 6) is -12.3. The van der Waals surface area contributed by atoms with Crippen molar-refractivity contribution in [1.29, 1.82) is 0 Å². The molecule has 1 heterocycles. The molecule has 2 N–H and O–H groups in total. The van der Waals surface area contributed by atoms with Crippen molar-refractivity contribution in [3.05, 3.63) is 57.4 Å². The Morgan fingerprint density at radius 2 is 1.81 bits per heavy atom. The number of ether oxygens (including phenoxy) is 1. The molecular formula is C19H13ClF5N3O4. The van der Waals surface area contributed by atoms with E-state index in [0.717, 1.165) is 6.92 Å². The molecule has 0 saturated carbocycles. The molecule has 0 radical (unpaired) electrons. The number of aliphatic imine (C=N–C) groups is 1. The summed E-state index contributed by atoms with van der Waals surface area (Å²) < 4.78 is 73.7. The fourth-order valence-electron chi connectivity index (χ4n) is 2.24. The molecule has 0 atom stereocenters. The first-order valence-electron chi connectivity index (χ1n) is 8.59. The summed E-state index contributed by atoms with van der Waals surface area (Å²) in [7, 11) is 0. The number of amides is 1. The summed E-state index contributed by atoms with van der Waals surface area (Å²) in [6.45, 7) is 2.20. The maximum Gasteiger partial charge on any atom is 0.343 e. The second-order valence-corrected chi connectivity index (χ2v) is 6.27. The number of halogens is 6. The van der Waals surface area contributed by atoms with Gasteiger partial charge in [0.1, 0.15) is 16.4 Å². The van der Waals surface area contributed by atoms with Crippen molar-refractivity contribution in [2.24, 2.45) is 4.99 Å². The molecule has 1 aromatic heterocycles. The minimum Gasteiger partial charge on any atom is -0.506 e. The highest BCUT2D eigenvalue weighted by atomic mass is 35.5. The van der Waals surface area contributed by atoms with Crippen molar-refractivity contribution in [3.63, 3.8) is 0 Å². The third kappa shape index (κ3) is 5.38. The van der Waals surface area contributed by atoms with Crippen LogP contribution in [0, 0.1) is 29.1 Å². The first kappa shape index (κ1) is 24.7. The second kappa shape index (κ2) is 10.2. The molecule has 1 aromatic carbocycles. The Labute approximate surface area is 182 Å². The quantitative estimate of drug-likeness (QED) is 0.120. The lowest BCUT2D eigenvalue weighted by Crippen LogP contribution is -2.12. The number of benzene rings is 1. The van der Waals surface area contributed by atoms with Gasteiger partial charge in [0.25, 0.3) is 0 Å². The summed E-state index contributed by atoms with van der Waals surface area (Å²) in [6, 6.07) is 0.567. The topological polar surface area (TPSA) is 101 Å². The van der Waals surface area contributed by atoms with Crippen molar-refractivity contribution in [1.82, 2.24) is 4.98 Å². The van der Waals surface area contributed by atoms with Gasteiger partial charge < -0.3 is 15.2 Å². The Morgan fingerprint density at radius 1 is 1.16 bits per heavy atom. The van der Waals surface area contributed by atoms with Gasteiger partial charge in [0.2, 0.25) is 5.91 Å². The normalized spacial score (nSPS) is 12.0. The lowest BCUT2D eigenvalue weighted by Gasteiger charge is -2.10. The summed E-state index contributed by atoms with van der Waals surface area (Å²) in [6.07, 6.45) is 0.475. The first-order chi connectivity index (χ1) is 15.0. The number of aromatic nitrogens is 1. The van der Waals surface area contributed by atoms with Crippen LogP contribution in [-0.2, 0) is 14.3 Å². The van der Waals surface area contributed by atoms with Crippen LogP contribution in [0.15, 0.2) is 22.7 Å². The van der Waals surface area contributed by atoms with Gasteiger partial charge in [0.15, 0.2) is 40.7 Å². The predicted molar refractivity (Wildman–Crippen MR) is 104 cm³/mol. The van der Waals surface area contributed by atoms with Crippen molar-refractivity contribution >= 4 is 47.1 Å². The summed E-state index contributed by atoms with van der Waals surface area (Å²) in [5.41, 5.74) is -1.94. The maximum absolute atomic E-state index is 14.3. The molecule has 0 saturated heterocycles. The van der Waals surface area contributed by atoms with E-state index >= 15 is 0 Å². The SMILES string of the molecule is CCOC(=O)C(C=Nc1nc(NC(C)=O)c(F)cc1F)=C(O)c1cc(F)c(F)c(Cl)c1F. The van der Waals surface area contributed by atoms with E-state index in [4.69, 9.17) is 11.6 Å². The molecule has 170 valence electrons. The largest absolute Gasteiger partial charge is 0.506 e. The van der Waals surface area contributed by atoms with Crippen molar-refractivity contribution < 1.29 is 41.4 Å². The number of aliphatic hydroxyl groups excluding tert-OH is 1. The Bertz CT molecular complexity index is 1150. The molecule has 0 aliphatic heterocycles. The van der Waals surface area contributed by atoms with Crippen LogP contribution < -0.4 is 5.32 Å². The van der Waals surface area contributed by atoms with Crippen LogP contribution in [0.5, 0.6) is 0 Å². The number of carbonyl (C=O) groups excluding carboxylic acids is 2. The van der Waals surface area contributed by atoms with Crippen LogP contribution in [0.2, 0.25) is 5.02 Å². The van der Waals surface area contributed by atoms with E-state index < -0.39 is 74.5 Å². The van der Waals surface area contributed by atoms with E-state index in [1.54, 1.807) is 0 Å². The van der Waals surface area contributed by atoms with Crippen LogP contribution in [0.4, 0.5) is 33.6 Å². The van der Waals surface area contributed by atoms with Gasteiger partial charge in [-0.25, -0.2) is 36.7 Å². The van der Waals surface area contributed by atoms with Crippen LogP contribution in [0.25, 0.3) is 5.76 Å². The molecular weight excluding hydrogens is 465 g/mol. The Morgan fingerprint density at radius 3 is 2.41 bits per heavy atom. The number of carbonyl (C=O) groups is 2. The number of hydrogen-bond acceptors (Lipinski definition) is 6. The Hall–Kier alpha value is -3.54. The molecule has 0 spiro atoms. The molecule has 0 fully saturated rings. The second-order valence-electron chi connectivity index (χ2n) is 5.89. The highest BCUT2D eigenvalue weighted by Crippen LogP contribution is 2.30.